The van der Waals surface area contributed by atoms with Gasteiger partial charge in [-0.2, -0.15) is 5.26 Å². The lowest BCUT2D eigenvalue weighted by molar-refractivity contribution is -0.145. The highest BCUT2D eigenvalue weighted by atomic mass is 16.5. The van der Waals surface area contributed by atoms with Crippen LogP contribution >= 0.6 is 0 Å². The first-order valence-corrected chi connectivity index (χ1v) is 10.1. The minimum atomic E-state index is -0.473. The molecule has 0 spiro atoms. The van der Waals surface area contributed by atoms with Crippen molar-refractivity contribution in [3.05, 3.63) is 62.6 Å². The maximum absolute atomic E-state index is 13.2. The van der Waals surface area contributed by atoms with Crippen molar-refractivity contribution >= 4 is 17.1 Å². The lowest BCUT2D eigenvalue weighted by Gasteiger charge is -2.12. The van der Waals surface area contributed by atoms with E-state index in [-0.39, 0.29) is 35.6 Å². The van der Waals surface area contributed by atoms with E-state index in [1.165, 1.54) is 16.1 Å². The quantitative estimate of drug-likeness (QED) is 0.404. The van der Waals surface area contributed by atoms with Crippen LogP contribution in [-0.2, 0) is 29.7 Å². The summed E-state index contributed by atoms with van der Waals surface area (Å²) in [7, 11) is 1.55. The Bertz CT molecular complexity index is 1250. The standard InChI is InChI=1S/C22H25N5O4/c1-15(31-16(2)28)9-7-8-12-26-21(29)19-20(25(3)22(26)30)24-18(13-23)27(19)14-17-10-5-4-6-11-17/h4-6,10-11,15H,7-9,12,14H2,1-3H3/t15-/m1/s1. The fraction of sp³-hybridized carbons (Fsp3) is 0.409. The Morgan fingerprint density at radius 1 is 1.19 bits per heavy atom. The molecule has 0 fully saturated rings. The molecule has 31 heavy (non-hydrogen) atoms. The maximum atomic E-state index is 13.2. The second-order valence-corrected chi connectivity index (χ2v) is 7.51. The first-order valence-electron chi connectivity index (χ1n) is 10.1. The summed E-state index contributed by atoms with van der Waals surface area (Å²) in [5, 5.41) is 9.54. The van der Waals surface area contributed by atoms with Crippen LogP contribution in [0, 0.1) is 11.3 Å². The summed E-state index contributed by atoms with van der Waals surface area (Å²) in [6.07, 6.45) is 1.69. The van der Waals surface area contributed by atoms with Gasteiger partial charge in [0.2, 0.25) is 5.82 Å². The van der Waals surface area contributed by atoms with E-state index in [0.29, 0.717) is 25.8 Å². The van der Waals surface area contributed by atoms with Crippen LogP contribution in [0.1, 0.15) is 44.5 Å². The highest BCUT2D eigenvalue weighted by Gasteiger charge is 2.20. The van der Waals surface area contributed by atoms with Crippen LogP contribution in [0.25, 0.3) is 11.2 Å². The Morgan fingerprint density at radius 3 is 2.55 bits per heavy atom. The Balaban J connectivity index is 1.94. The number of nitriles is 1. The molecule has 0 bridgehead atoms. The Hall–Kier alpha value is -3.67. The van der Waals surface area contributed by atoms with Gasteiger partial charge in [-0.25, -0.2) is 9.78 Å². The van der Waals surface area contributed by atoms with Gasteiger partial charge >= 0.3 is 11.7 Å². The molecule has 0 unspecified atom stereocenters. The van der Waals surface area contributed by atoms with E-state index in [4.69, 9.17) is 4.74 Å². The molecular weight excluding hydrogens is 398 g/mol. The number of imidazole rings is 1. The number of ether oxygens (including phenoxy) is 1. The Kier molecular flexibility index (Phi) is 6.70. The molecule has 0 saturated heterocycles. The Labute approximate surface area is 179 Å². The van der Waals surface area contributed by atoms with Gasteiger partial charge in [0, 0.05) is 20.5 Å². The average Bonchev–Trinajstić information content (AvgIpc) is 3.10. The van der Waals surface area contributed by atoms with Crippen LogP contribution in [-0.4, -0.2) is 30.8 Å². The van der Waals surface area contributed by atoms with Crippen molar-refractivity contribution in [3.8, 4) is 6.07 Å². The molecule has 9 heteroatoms. The molecule has 3 rings (SSSR count). The van der Waals surface area contributed by atoms with Crippen molar-refractivity contribution in [2.24, 2.45) is 7.05 Å². The van der Waals surface area contributed by atoms with Crippen LogP contribution in [0.5, 0.6) is 0 Å². The van der Waals surface area contributed by atoms with Gasteiger partial charge in [-0.1, -0.05) is 30.3 Å². The van der Waals surface area contributed by atoms with Crippen LogP contribution in [0.3, 0.4) is 0 Å². The zero-order chi connectivity index (χ0) is 22.5. The van der Waals surface area contributed by atoms with Crippen molar-refractivity contribution < 1.29 is 9.53 Å². The number of benzene rings is 1. The molecule has 0 aliphatic rings. The lowest BCUT2D eigenvalue weighted by Crippen LogP contribution is -2.39. The molecule has 3 aromatic rings. The molecule has 162 valence electrons. The van der Waals surface area contributed by atoms with Crippen LogP contribution in [0.4, 0.5) is 0 Å². The summed E-state index contributed by atoms with van der Waals surface area (Å²) in [4.78, 5) is 41.2. The van der Waals surface area contributed by atoms with Crippen molar-refractivity contribution in [1.29, 1.82) is 5.26 Å². The Morgan fingerprint density at radius 2 is 1.90 bits per heavy atom. The predicted molar refractivity (Wildman–Crippen MR) is 115 cm³/mol. The molecule has 0 N–H and O–H groups in total. The van der Waals surface area contributed by atoms with Gasteiger partial charge in [0.1, 0.15) is 6.07 Å². The number of fused-ring (bicyclic) bond motifs is 1. The zero-order valence-electron chi connectivity index (χ0n) is 17.9. The topological polar surface area (TPSA) is 112 Å². The monoisotopic (exact) mass is 423 g/mol. The van der Waals surface area contributed by atoms with Gasteiger partial charge in [0.05, 0.1) is 12.6 Å². The van der Waals surface area contributed by atoms with E-state index in [0.717, 1.165) is 5.56 Å². The summed E-state index contributed by atoms with van der Waals surface area (Å²) in [6, 6.07) is 11.5. The number of carbonyl (C=O) groups excluding carboxylic acids is 1. The second-order valence-electron chi connectivity index (χ2n) is 7.51. The van der Waals surface area contributed by atoms with Crippen LogP contribution in [0.2, 0.25) is 0 Å². The van der Waals surface area contributed by atoms with E-state index in [2.05, 4.69) is 4.98 Å². The van der Waals surface area contributed by atoms with Gasteiger partial charge in [-0.15, -0.1) is 0 Å². The summed E-state index contributed by atoms with van der Waals surface area (Å²) in [5.74, 6) is -0.248. The van der Waals surface area contributed by atoms with E-state index in [1.54, 1.807) is 11.6 Å². The molecule has 0 saturated carbocycles. The molecule has 0 amide bonds. The minimum Gasteiger partial charge on any atom is -0.463 e. The number of hydrogen-bond donors (Lipinski definition) is 0. The van der Waals surface area contributed by atoms with Gasteiger partial charge in [-0.3, -0.25) is 18.7 Å². The molecular formula is C22H25N5O4. The van der Waals surface area contributed by atoms with Crippen molar-refractivity contribution in [3.63, 3.8) is 0 Å². The summed E-state index contributed by atoms with van der Waals surface area (Å²) >= 11 is 0. The molecule has 0 aliphatic heterocycles. The zero-order valence-corrected chi connectivity index (χ0v) is 17.9. The smallest absolute Gasteiger partial charge is 0.332 e. The van der Waals surface area contributed by atoms with Crippen LogP contribution in [0.15, 0.2) is 39.9 Å². The average molecular weight is 423 g/mol. The number of rotatable bonds is 8. The van der Waals surface area contributed by atoms with E-state index < -0.39 is 11.2 Å². The number of nitrogens with zero attached hydrogens (tertiary/aromatic N) is 5. The number of aryl methyl sites for hydroxylation is 1. The summed E-state index contributed by atoms with van der Waals surface area (Å²) in [6.45, 7) is 3.70. The number of hydrogen-bond acceptors (Lipinski definition) is 6. The highest BCUT2D eigenvalue weighted by molar-refractivity contribution is 5.72. The normalized spacial score (nSPS) is 11.9. The van der Waals surface area contributed by atoms with E-state index in [1.807, 2.05) is 43.3 Å². The van der Waals surface area contributed by atoms with Gasteiger partial charge in [0.25, 0.3) is 5.56 Å². The third-order valence-corrected chi connectivity index (χ3v) is 5.13. The summed E-state index contributed by atoms with van der Waals surface area (Å²) < 4.78 is 9.15. The maximum Gasteiger partial charge on any atom is 0.332 e. The van der Waals surface area contributed by atoms with Crippen molar-refractivity contribution in [1.82, 2.24) is 18.7 Å². The first kappa shape index (κ1) is 22.0. The first-order chi connectivity index (χ1) is 14.8. The van der Waals surface area contributed by atoms with Gasteiger partial charge in [-0.05, 0) is 31.7 Å². The second kappa shape index (κ2) is 9.43. The molecule has 9 nitrogen and oxygen atoms in total. The SMILES string of the molecule is CC(=O)O[C@H](C)CCCCn1c(=O)c2c(nc(C#N)n2Cc2ccccc2)n(C)c1=O. The number of esters is 1. The summed E-state index contributed by atoms with van der Waals surface area (Å²) in [5.41, 5.74) is 0.408. The minimum absolute atomic E-state index is 0.0823. The molecule has 1 aromatic carbocycles. The van der Waals surface area contributed by atoms with Gasteiger partial charge in [0.15, 0.2) is 11.2 Å². The third-order valence-electron chi connectivity index (χ3n) is 5.13. The predicted octanol–water partition coefficient (Wildman–Crippen LogP) is 1.94. The fourth-order valence-corrected chi connectivity index (χ4v) is 3.62. The molecule has 2 heterocycles. The number of unbranched alkanes of at least 4 members (excludes halogenated alkanes) is 1. The van der Waals surface area contributed by atoms with Crippen molar-refractivity contribution in [2.75, 3.05) is 0 Å². The largest absolute Gasteiger partial charge is 0.463 e. The van der Waals surface area contributed by atoms with Gasteiger partial charge < -0.3 is 9.30 Å². The number of carbonyl (C=O) groups is 1. The fourth-order valence-electron chi connectivity index (χ4n) is 3.62. The van der Waals surface area contributed by atoms with E-state index in [9.17, 15) is 19.6 Å². The number of aromatic nitrogens is 4. The molecule has 0 radical (unpaired) electrons. The third kappa shape index (κ3) is 4.74. The molecule has 0 aliphatic carbocycles. The molecule has 1 atom stereocenters. The highest BCUT2D eigenvalue weighted by Crippen LogP contribution is 2.14. The van der Waals surface area contributed by atoms with Crippen LogP contribution < -0.4 is 11.2 Å². The molecule has 2 aromatic heterocycles. The lowest BCUT2D eigenvalue weighted by atomic mass is 10.1. The van der Waals surface area contributed by atoms with E-state index >= 15 is 0 Å². The van der Waals surface area contributed by atoms with Crippen molar-refractivity contribution in [2.45, 2.75) is 52.3 Å².